The number of nitrogens with one attached hydrogen (secondary N) is 1. The SMILES string of the molecule is CCCC(CC)(Pc1ccc(F)cc1CNC(C)(C)C)c1cc(C)cc(C)c1O. The fourth-order valence-electron chi connectivity index (χ4n) is 3.92. The van der Waals surface area contributed by atoms with E-state index in [-0.39, 0.29) is 16.5 Å². The molecule has 2 unspecified atom stereocenters. The van der Waals surface area contributed by atoms with Crippen LogP contribution in [0.15, 0.2) is 30.3 Å². The zero-order valence-corrected chi connectivity index (χ0v) is 20.0. The van der Waals surface area contributed by atoms with Gasteiger partial charge in [-0.2, -0.15) is 0 Å². The van der Waals surface area contributed by atoms with Gasteiger partial charge in [-0.3, -0.25) is 0 Å². The lowest BCUT2D eigenvalue weighted by Crippen LogP contribution is -2.36. The van der Waals surface area contributed by atoms with Crippen molar-refractivity contribution in [1.29, 1.82) is 0 Å². The van der Waals surface area contributed by atoms with Gasteiger partial charge in [0, 0.05) is 22.8 Å². The fraction of sp³-hybridized carbons (Fsp3) is 0.520. The van der Waals surface area contributed by atoms with Gasteiger partial charge in [-0.25, -0.2) is 4.39 Å². The van der Waals surface area contributed by atoms with Crippen molar-refractivity contribution in [1.82, 2.24) is 5.32 Å². The molecule has 2 aromatic rings. The highest BCUT2D eigenvalue weighted by molar-refractivity contribution is 7.48. The average Bonchev–Trinajstić information content (AvgIpc) is 2.63. The molecule has 0 fully saturated rings. The topological polar surface area (TPSA) is 32.3 Å². The van der Waals surface area contributed by atoms with Crippen LogP contribution in [0.25, 0.3) is 0 Å². The average molecular weight is 418 g/mol. The van der Waals surface area contributed by atoms with Crippen LogP contribution >= 0.6 is 8.58 Å². The smallest absolute Gasteiger partial charge is 0.123 e. The van der Waals surface area contributed by atoms with Crippen molar-refractivity contribution in [2.45, 2.75) is 85.0 Å². The van der Waals surface area contributed by atoms with Crippen molar-refractivity contribution in [3.05, 3.63) is 58.4 Å². The maximum Gasteiger partial charge on any atom is 0.123 e. The highest BCUT2D eigenvalue weighted by atomic mass is 31.1. The Hall–Kier alpha value is -1.44. The van der Waals surface area contributed by atoms with Crippen LogP contribution in [0.2, 0.25) is 0 Å². The third-order valence-corrected chi connectivity index (χ3v) is 7.60. The van der Waals surface area contributed by atoms with Gasteiger partial charge in [0.15, 0.2) is 0 Å². The number of aromatic hydroxyl groups is 1. The summed E-state index contributed by atoms with van der Waals surface area (Å²) in [4.78, 5) is 0. The minimum atomic E-state index is -0.198. The van der Waals surface area contributed by atoms with Gasteiger partial charge in [0.25, 0.3) is 0 Å². The highest BCUT2D eigenvalue weighted by Crippen LogP contribution is 2.51. The number of phenols is 1. The molecule has 2 N–H and O–H groups in total. The minimum absolute atomic E-state index is 0.0378. The molecule has 0 aliphatic rings. The molecule has 0 radical (unpaired) electrons. The third-order valence-electron chi connectivity index (χ3n) is 5.49. The summed E-state index contributed by atoms with van der Waals surface area (Å²) in [6.45, 7) is 15.5. The molecule has 0 aliphatic heterocycles. The lowest BCUT2D eigenvalue weighted by molar-refractivity contribution is 0.424. The van der Waals surface area contributed by atoms with Gasteiger partial charge in [0.05, 0.1) is 0 Å². The normalized spacial score (nSPS) is 14.5. The number of hydrogen-bond donors (Lipinski definition) is 2. The predicted octanol–water partition coefficient (Wildman–Crippen LogP) is 6.45. The molecule has 0 saturated carbocycles. The molecule has 29 heavy (non-hydrogen) atoms. The summed E-state index contributed by atoms with van der Waals surface area (Å²) in [6.07, 6.45) is 2.95. The second kappa shape index (κ2) is 9.58. The van der Waals surface area contributed by atoms with Crippen LogP contribution in [0, 0.1) is 19.7 Å². The van der Waals surface area contributed by atoms with E-state index in [4.69, 9.17) is 0 Å². The second-order valence-corrected chi connectivity index (χ2v) is 10.9. The van der Waals surface area contributed by atoms with E-state index in [1.54, 1.807) is 12.1 Å². The summed E-state index contributed by atoms with van der Waals surface area (Å²) in [5.74, 6) is 0.214. The summed E-state index contributed by atoms with van der Waals surface area (Å²) in [5.41, 5.74) is 4.10. The van der Waals surface area contributed by atoms with E-state index in [0.29, 0.717) is 20.9 Å². The Morgan fingerprint density at radius 1 is 1.07 bits per heavy atom. The predicted molar refractivity (Wildman–Crippen MR) is 125 cm³/mol. The summed E-state index contributed by atoms with van der Waals surface area (Å²) < 4.78 is 14.1. The molecule has 0 aromatic heterocycles. The monoisotopic (exact) mass is 417 g/mol. The highest BCUT2D eigenvalue weighted by Gasteiger charge is 2.34. The molecule has 0 spiro atoms. The molecule has 2 aromatic carbocycles. The second-order valence-electron chi connectivity index (χ2n) is 9.19. The summed E-state index contributed by atoms with van der Waals surface area (Å²) in [7, 11) is 0.461. The van der Waals surface area contributed by atoms with Crippen LogP contribution in [-0.2, 0) is 11.7 Å². The number of rotatable bonds is 8. The van der Waals surface area contributed by atoms with E-state index < -0.39 is 0 Å². The number of phenolic OH excluding ortho intramolecular Hbond substituents is 1. The Kier molecular flexibility index (Phi) is 7.87. The largest absolute Gasteiger partial charge is 0.507 e. The number of benzene rings is 2. The zero-order valence-electron chi connectivity index (χ0n) is 19.0. The van der Waals surface area contributed by atoms with Gasteiger partial charge in [-0.15, -0.1) is 0 Å². The molecule has 0 heterocycles. The minimum Gasteiger partial charge on any atom is -0.507 e. The van der Waals surface area contributed by atoms with E-state index in [9.17, 15) is 9.50 Å². The van der Waals surface area contributed by atoms with Gasteiger partial charge in [0.2, 0.25) is 0 Å². The first-order valence-corrected chi connectivity index (χ1v) is 11.6. The van der Waals surface area contributed by atoms with Crippen molar-refractivity contribution in [2.75, 3.05) is 0 Å². The van der Waals surface area contributed by atoms with Crippen molar-refractivity contribution in [3.8, 4) is 5.75 Å². The molecule has 0 aliphatic carbocycles. The number of halogens is 1. The van der Waals surface area contributed by atoms with Gasteiger partial charge < -0.3 is 10.4 Å². The van der Waals surface area contributed by atoms with Crippen LogP contribution in [-0.4, -0.2) is 10.6 Å². The molecule has 2 nitrogen and oxygen atoms in total. The van der Waals surface area contributed by atoms with Crippen molar-refractivity contribution >= 4 is 13.9 Å². The van der Waals surface area contributed by atoms with Gasteiger partial charge in [0.1, 0.15) is 11.6 Å². The Labute approximate surface area is 178 Å². The molecule has 2 rings (SSSR count). The maximum atomic E-state index is 14.1. The van der Waals surface area contributed by atoms with Crippen LogP contribution in [0.4, 0.5) is 4.39 Å². The van der Waals surface area contributed by atoms with Crippen LogP contribution in [0.5, 0.6) is 5.75 Å². The van der Waals surface area contributed by atoms with Crippen molar-refractivity contribution in [2.24, 2.45) is 0 Å². The molecule has 160 valence electrons. The van der Waals surface area contributed by atoms with Gasteiger partial charge >= 0.3 is 0 Å². The molecular formula is C25H37FNOP. The standard InChI is InChI=1S/C25H37FNOP/c1-8-12-25(9-2,21-14-17(3)13-18(4)23(21)28)29-22-11-10-20(26)15-19(22)16-27-24(5,6)7/h10-11,13-15,27-29H,8-9,12,16H2,1-7H3. The third kappa shape index (κ3) is 6.03. The molecule has 2 atom stereocenters. The number of hydrogen-bond acceptors (Lipinski definition) is 2. The van der Waals surface area contributed by atoms with E-state index in [2.05, 4.69) is 52.9 Å². The van der Waals surface area contributed by atoms with Crippen molar-refractivity contribution in [3.63, 3.8) is 0 Å². The lowest BCUT2D eigenvalue weighted by Gasteiger charge is -2.36. The first-order chi connectivity index (χ1) is 13.5. The Bertz CT molecular complexity index is 843. The van der Waals surface area contributed by atoms with E-state index in [1.807, 2.05) is 19.1 Å². The van der Waals surface area contributed by atoms with Crippen LogP contribution < -0.4 is 10.6 Å². The summed E-state index contributed by atoms with van der Waals surface area (Å²) in [6, 6.07) is 9.34. The number of aryl methyl sites for hydroxylation is 2. The van der Waals surface area contributed by atoms with Gasteiger partial charge in [-0.05, 0) is 76.0 Å². The first kappa shape index (κ1) is 23.8. The molecular weight excluding hydrogens is 380 g/mol. The van der Waals surface area contributed by atoms with Crippen LogP contribution in [0.3, 0.4) is 0 Å². The summed E-state index contributed by atoms with van der Waals surface area (Å²) >= 11 is 0. The zero-order chi connectivity index (χ0) is 21.8. The van der Waals surface area contributed by atoms with Crippen LogP contribution in [0.1, 0.15) is 76.1 Å². The van der Waals surface area contributed by atoms with E-state index in [0.717, 1.165) is 36.0 Å². The fourth-order valence-corrected chi connectivity index (χ4v) is 5.80. The van der Waals surface area contributed by atoms with E-state index >= 15 is 0 Å². The molecule has 0 saturated heterocycles. The Balaban J connectivity index is 2.54. The molecule has 0 bridgehead atoms. The summed E-state index contributed by atoms with van der Waals surface area (Å²) in [5, 5.41) is 15.5. The maximum absolute atomic E-state index is 14.1. The first-order valence-electron chi connectivity index (χ1n) is 10.6. The molecule has 0 amide bonds. The Morgan fingerprint density at radius 3 is 2.34 bits per heavy atom. The van der Waals surface area contributed by atoms with Crippen molar-refractivity contribution < 1.29 is 9.50 Å². The molecule has 4 heteroatoms. The van der Waals surface area contributed by atoms with Gasteiger partial charge in [-0.1, -0.05) is 52.6 Å². The quantitative estimate of drug-likeness (QED) is 0.484. The lowest BCUT2D eigenvalue weighted by atomic mass is 9.88. The van der Waals surface area contributed by atoms with E-state index in [1.165, 1.54) is 10.9 Å². The Morgan fingerprint density at radius 2 is 1.76 bits per heavy atom.